The first-order valence-corrected chi connectivity index (χ1v) is 18.4. The zero-order valence-corrected chi connectivity index (χ0v) is 29.6. The first-order chi connectivity index (χ1) is 26.8. The zero-order valence-electron chi connectivity index (χ0n) is 29.6. The number of benzene rings is 9. The van der Waals surface area contributed by atoms with Gasteiger partial charge in [-0.25, -0.2) is 0 Å². The molecular formula is C52H35NO. The predicted octanol–water partition coefficient (Wildman–Crippen LogP) is 14.9. The molecule has 1 aromatic heterocycles. The molecule has 0 radical (unpaired) electrons. The minimum atomic E-state index is 0.861. The van der Waals surface area contributed by atoms with Crippen molar-refractivity contribution in [2.24, 2.45) is 0 Å². The van der Waals surface area contributed by atoms with E-state index in [0.29, 0.717) is 0 Å². The molecule has 2 nitrogen and oxygen atoms in total. The Morgan fingerprint density at radius 2 is 0.852 bits per heavy atom. The van der Waals surface area contributed by atoms with E-state index < -0.39 is 0 Å². The number of para-hydroxylation sites is 3. The topological polar surface area (TPSA) is 16.4 Å². The second kappa shape index (κ2) is 13.4. The highest BCUT2D eigenvalue weighted by atomic mass is 16.3. The molecule has 0 saturated heterocycles. The summed E-state index contributed by atoms with van der Waals surface area (Å²) in [6.07, 6.45) is 0. The molecule has 0 aliphatic carbocycles. The third kappa shape index (κ3) is 5.62. The average molecular weight is 690 g/mol. The van der Waals surface area contributed by atoms with Gasteiger partial charge in [0.2, 0.25) is 0 Å². The van der Waals surface area contributed by atoms with Crippen molar-refractivity contribution >= 4 is 49.8 Å². The Morgan fingerprint density at radius 1 is 0.315 bits per heavy atom. The Morgan fingerprint density at radius 3 is 1.72 bits per heavy atom. The van der Waals surface area contributed by atoms with E-state index >= 15 is 0 Å². The molecule has 10 rings (SSSR count). The summed E-state index contributed by atoms with van der Waals surface area (Å²) in [5.74, 6) is 0. The molecule has 2 heteroatoms. The van der Waals surface area contributed by atoms with E-state index in [-0.39, 0.29) is 0 Å². The van der Waals surface area contributed by atoms with Crippen LogP contribution < -0.4 is 4.90 Å². The molecule has 0 spiro atoms. The van der Waals surface area contributed by atoms with Crippen LogP contribution in [0, 0.1) is 0 Å². The van der Waals surface area contributed by atoms with Gasteiger partial charge in [-0.15, -0.1) is 0 Å². The Hall–Kier alpha value is -7.16. The highest BCUT2D eigenvalue weighted by molar-refractivity contribution is 6.10. The average Bonchev–Trinajstić information content (AvgIpc) is 3.64. The molecular weight excluding hydrogens is 655 g/mol. The summed E-state index contributed by atoms with van der Waals surface area (Å²) in [7, 11) is 0. The maximum atomic E-state index is 6.65. The summed E-state index contributed by atoms with van der Waals surface area (Å²) in [6.45, 7) is 0. The Balaban J connectivity index is 1.10. The number of fused-ring (bicyclic) bond motifs is 4. The van der Waals surface area contributed by atoms with Crippen LogP contribution in [0.5, 0.6) is 0 Å². The molecule has 0 aliphatic rings. The largest absolute Gasteiger partial charge is 0.454 e. The Labute approximate surface area is 314 Å². The fourth-order valence-electron chi connectivity index (χ4n) is 7.85. The second-order valence-electron chi connectivity index (χ2n) is 13.7. The smallest absolute Gasteiger partial charge is 0.159 e. The van der Waals surface area contributed by atoms with Crippen molar-refractivity contribution in [2.75, 3.05) is 4.90 Å². The maximum Gasteiger partial charge on any atom is 0.159 e. The summed E-state index contributed by atoms with van der Waals surface area (Å²) in [5, 5.41) is 4.72. The van der Waals surface area contributed by atoms with Crippen molar-refractivity contribution in [3.8, 4) is 44.5 Å². The Kier molecular flexibility index (Phi) is 7.85. The standard InChI is InChI=1S/C52H35NO/c1-2-13-36(14-3-1)37-27-29-40(30-28-37)46-20-6-8-24-49(46)53(50-25-12-23-48-47-21-7-9-26-51(47)54-52(48)50)43-33-31-38(32-34-43)41-17-10-18-42(35-41)45-22-11-16-39-15-4-5-19-44(39)45/h1-35H. The SMILES string of the molecule is c1ccc(-c2ccc(-c3ccccc3N(c3ccc(-c4cccc(-c5cccc6ccccc56)c4)cc3)c3cccc4c3oc3ccccc34)cc2)cc1. The molecule has 0 fully saturated rings. The lowest BCUT2D eigenvalue weighted by molar-refractivity contribution is 0.669. The van der Waals surface area contributed by atoms with Crippen LogP contribution in [0.25, 0.3) is 77.2 Å². The minimum Gasteiger partial charge on any atom is -0.454 e. The van der Waals surface area contributed by atoms with Gasteiger partial charge < -0.3 is 9.32 Å². The van der Waals surface area contributed by atoms with Gasteiger partial charge in [-0.05, 0) is 86.1 Å². The number of anilines is 3. The molecule has 0 atom stereocenters. The summed E-state index contributed by atoms with van der Waals surface area (Å²) in [6, 6.07) is 75.8. The Bertz CT molecular complexity index is 2920. The number of hydrogen-bond acceptors (Lipinski definition) is 2. The van der Waals surface area contributed by atoms with Crippen LogP contribution in [-0.2, 0) is 0 Å². The zero-order chi connectivity index (χ0) is 35.8. The van der Waals surface area contributed by atoms with Gasteiger partial charge in [0.25, 0.3) is 0 Å². The van der Waals surface area contributed by atoms with Gasteiger partial charge in [-0.1, -0.05) is 176 Å². The first kappa shape index (κ1) is 31.6. The molecule has 0 unspecified atom stereocenters. The predicted molar refractivity (Wildman–Crippen MR) is 228 cm³/mol. The van der Waals surface area contributed by atoms with Gasteiger partial charge in [0.15, 0.2) is 5.58 Å². The molecule has 0 amide bonds. The fourth-order valence-corrected chi connectivity index (χ4v) is 7.85. The maximum absolute atomic E-state index is 6.65. The van der Waals surface area contributed by atoms with Crippen molar-refractivity contribution in [3.05, 3.63) is 212 Å². The van der Waals surface area contributed by atoms with E-state index in [2.05, 4.69) is 205 Å². The second-order valence-corrected chi connectivity index (χ2v) is 13.7. The normalized spacial score (nSPS) is 11.3. The molecule has 0 saturated carbocycles. The summed E-state index contributed by atoms with van der Waals surface area (Å²) in [4.78, 5) is 2.35. The van der Waals surface area contributed by atoms with Crippen molar-refractivity contribution < 1.29 is 4.42 Å². The first-order valence-electron chi connectivity index (χ1n) is 18.4. The number of furan rings is 1. The number of hydrogen-bond donors (Lipinski definition) is 0. The number of nitrogens with zero attached hydrogens (tertiary/aromatic N) is 1. The van der Waals surface area contributed by atoms with Crippen LogP contribution in [-0.4, -0.2) is 0 Å². The van der Waals surface area contributed by atoms with Gasteiger partial charge in [0.1, 0.15) is 5.58 Å². The van der Waals surface area contributed by atoms with E-state index in [9.17, 15) is 0 Å². The van der Waals surface area contributed by atoms with Gasteiger partial charge in [0, 0.05) is 22.0 Å². The molecule has 54 heavy (non-hydrogen) atoms. The summed E-state index contributed by atoms with van der Waals surface area (Å²) < 4.78 is 6.65. The van der Waals surface area contributed by atoms with Crippen molar-refractivity contribution in [1.29, 1.82) is 0 Å². The highest BCUT2D eigenvalue weighted by Crippen LogP contribution is 2.46. The lowest BCUT2D eigenvalue weighted by Crippen LogP contribution is -2.11. The molecule has 0 N–H and O–H groups in total. The van der Waals surface area contributed by atoms with Crippen LogP contribution in [0.15, 0.2) is 217 Å². The molecule has 1 heterocycles. The quantitative estimate of drug-likeness (QED) is 0.166. The molecule has 0 bridgehead atoms. The lowest BCUT2D eigenvalue weighted by atomic mass is 9.95. The summed E-state index contributed by atoms with van der Waals surface area (Å²) >= 11 is 0. The molecule has 0 aliphatic heterocycles. The minimum absolute atomic E-state index is 0.861. The monoisotopic (exact) mass is 689 g/mol. The van der Waals surface area contributed by atoms with E-state index in [1.54, 1.807) is 0 Å². The van der Waals surface area contributed by atoms with E-state index in [4.69, 9.17) is 4.42 Å². The van der Waals surface area contributed by atoms with Crippen LogP contribution >= 0.6 is 0 Å². The third-order valence-electron chi connectivity index (χ3n) is 10.5. The van der Waals surface area contributed by atoms with Crippen LogP contribution in [0.4, 0.5) is 17.1 Å². The van der Waals surface area contributed by atoms with E-state index in [0.717, 1.165) is 55.7 Å². The summed E-state index contributed by atoms with van der Waals surface area (Å²) in [5.41, 5.74) is 14.3. The van der Waals surface area contributed by atoms with Crippen molar-refractivity contribution in [1.82, 2.24) is 0 Å². The van der Waals surface area contributed by atoms with E-state index in [1.807, 2.05) is 12.1 Å². The molecule has 9 aromatic carbocycles. The van der Waals surface area contributed by atoms with Gasteiger partial charge in [0.05, 0.1) is 11.4 Å². The van der Waals surface area contributed by atoms with Crippen molar-refractivity contribution in [2.45, 2.75) is 0 Å². The van der Waals surface area contributed by atoms with Gasteiger partial charge in [-0.2, -0.15) is 0 Å². The van der Waals surface area contributed by atoms with Crippen LogP contribution in [0.1, 0.15) is 0 Å². The van der Waals surface area contributed by atoms with Crippen LogP contribution in [0.3, 0.4) is 0 Å². The van der Waals surface area contributed by atoms with Gasteiger partial charge in [-0.3, -0.25) is 0 Å². The molecule has 254 valence electrons. The number of rotatable bonds is 7. The van der Waals surface area contributed by atoms with E-state index in [1.165, 1.54) is 38.6 Å². The fraction of sp³-hybridized carbons (Fsp3) is 0. The molecule has 10 aromatic rings. The van der Waals surface area contributed by atoms with Gasteiger partial charge >= 0.3 is 0 Å². The highest BCUT2D eigenvalue weighted by Gasteiger charge is 2.22. The van der Waals surface area contributed by atoms with Crippen LogP contribution in [0.2, 0.25) is 0 Å². The van der Waals surface area contributed by atoms with Crippen molar-refractivity contribution in [3.63, 3.8) is 0 Å². The lowest BCUT2D eigenvalue weighted by Gasteiger charge is -2.28. The third-order valence-corrected chi connectivity index (χ3v) is 10.5.